The van der Waals surface area contributed by atoms with Crippen LogP contribution in [-0.4, -0.2) is 73.7 Å². The number of carbonyl (C=O) groups is 1. The van der Waals surface area contributed by atoms with E-state index < -0.39 is 0 Å². The molecule has 1 aromatic carbocycles. The summed E-state index contributed by atoms with van der Waals surface area (Å²) in [7, 11) is 0. The third-order valence-corrected chi connectivity index (χ3v) is 7.54. The highest BCUT2D eigenvalue weighted by atomic mass is 16.5. The first-order valence-corrected chi connectivity index (χ1v) is 12.4. The third-order valence-electron chi connectivity index (χ3n) is 7.54. The van der Waals surface area contributed by atoms with E-state index >= 15 is 0 Å². The molecule has 0 N–H and O–H groups in total. The number of piperazine rings is 1. The first-order chi connectivity index (χ1) is 15.0. The molecule has 0 radical (unpaired) electrons. The zero-order valence-electron chi connectivity index (χ0n) is 19.6. The van der Waals surface area contributed by atoms with Gasteiger partial charge in [-0.1, -0.05) is 18.2 Å². The van der Waals surface area contributed by atoms with Crippen molar-refractivity contribution in [1.29, 1.82) is 0 Å². The van der Waals surface area contributed by atoms with Crippen molar-refractivity contribution in [2.24, 2.45) is 11.8 Å². The van der Waals surface area contributed by atoms with Crippen LogP contribution in [-0.2, 0) is 9.53 Å². The van der Waals surface area contributed by atoms with Gasteiger partial charge in [0.15, 0.2) is 0 Å². The van der Waals surface area contributed by atoms with E-state index in [2.05, 4.69) is 58.9 Å². The van der Waals surface area contributed by atoms with Gasteiger partial charge < -0.3 is 19.4 Å². The molecule has 1 amide bonds. The fraction of sp³-hybridized carbons (Fsp3) is 0.731. The summed E-state index contributed by atoms with van der Waals surface area (Å²) in [5.74, 6) is 1.85. The smallest absolute Gasteiger partial charge is 0.222 e. The highest BCUT2D eigenvalue weighted by Gasteiger charge is 2.31. The van der Waals surface area contributed by atoms with E-state index in [1.54, 1.807) is 0 Å². The van der Waals surface area contributed by atoms with Crippen molar-refractivity contribution in [1.82, 2.24) is 9.80 Å². The van der Waals surface area contributed by atoms with Crippen LogP contribution >= 0.6 is 0 Å². The summed E-state index contributed by atoms with van der Waals surface area (Å²) in [5.41, 5.74) is 1.32. The van der Waals surface area contributed by atoms with Crippen LogP contribution in [0.4, 0.5) is 5.69 Å². The topological polar surface area (TPSA) is 36.0 Å². The monoisotopic (exact) mass is 427 g/mol. The predicted molar refractivity (Wildman–Crippen MR) is 126 cm³/mol. The average molecular weight is 428 g/mol. The Morgan fingerprint density at radius 1 is 0.968 bits per heavy atom. The molecule has 3 heterocycles. The predicted octanol–water partition coefficient (Wildman–Crippen LogP) is 4.03. The number of piperidine rings is 1. The molecule has 5 heteroatoms. The van der Waals surface area contributed by atoms with E-state index in [1.807, 2.05) is 0 Å². The fourth-order valence-corrected chi connectivity index (χ4v) is 5.68. The molecule has 0 aromatic heterocycles. The quantitative estimate of drug-likeness (QED) is 0.687. The van der Waals surface area contributed by atoms with Crippen LogP contribution in [0.5, 0.6) is 0 Å². The number of nitrogens with zero attached hydrogens (tertiary/aromatic N) is 3. The molecule has 3 fully saturated rings. The summed E-state index contributed by atoms with van der Waals surface area (Å²) < 4.78 is 5.88. The van der Waals surface area contributed by atoms with E-state index in [4.69, 9.17) is 4.74 Å². The molecule has 1 unspecified atom stereocenters. The maximum absolute atomic E-state index is 12.8. The third kappa shape index (κ3) is 6.45. The zero-order valence-corrected chi connectivity index (χ0v) is 19.6. The Morgan fingerprint density at radius 3 is 2.35 bits per heavy atom. The normalized spacial score (nSPS) is 25.5. The highest BCUT2D eigenvalue weighted by molar-refractivity contribution is 5.76. The number of amides is 1. The molecule has 3 aliphatic heterocycles. The molecule has 31 heavy (non-hydrogen) atoms. The van der Waals surface area contributed by atoms with Gasteiger partial charge in [0.05, 0.1) is 5.60 Å². The number of likely N-dealkylation sites (tertiary alicyclic amines) is 1. The minimum Gasteiger partial charge on any atom is -0.376 e. The lowest BCUT2D eigenvalue weighted by Gasteiger charge is -2.40. The van der Waals surface area contributed by atoms with E-state index in [0.29, 0.717) is 5.91 Å². The van der Waals surface area contributed by atoms with E-state index in [1.165, 1.54) is 51.0 Å². The van der Waals surface area contributed by atoms with Crippen molar-refractivity contribution in [3.8, 4) is 0 Å². The van der Waals surface area contributed by atoms with Crippen molar-refractivity contribution in [2.75, 3.05) is 57.3 Å². The summed E-state index contributed by atoms with van der Waals surface area (Å²) in [5, 5.41) is 0. The number of para-hydroxylation sites is 1. The van der Waals surface area contributed by atoms with Crippen LogP contribution < -0.4 is 4.90 Å². The lowest BCUT2D eigenvalue weighted by Crippen LogP contribution is -2.48. The van der Waals surface area contributed by atoms with Crippen molar-refractivity contribution in [3.63, 3.8) is 0 Å². The van der Waals surface area contributed by atoms with Crippen LogP contribution in [0.3, 0.4) is 0 Å². The molecule has 1 aromatic rings. The van der Waals surface area contributed by atoms with Gasteiger partial charge in [0, 0.05) is 51.4 Å². The fourth-order valence-electron chi connectivity index (χ4n) is 5.68. The summed E-state index contributed by atoms with van der Waals surface area (Å²) in [6.45, 7) is 12.6. The maximum Gasteiger partial charge on any atom is 0.222 e. The molecule has 0 aliphatic carbocycles. The average Bonchev–Trinajstić information content (AvgIpc) is 2.78. The van der Waals surface area contributed by atoms with Crippen molar-refractivity contribution in [3.05, 3.63) is 30.3 Å². The van der Waals surface area contributed by atoms with E-state index in [9.17, 15) is 4.79 Å². The number of rotatable bonds is 6. The second-order valence-electron chi connectivity index (χ2n) is 10.5. The van der Waals surface area contributed by atoms with Crippen molar-refractivity contribution >= 4 is 11.6 Å². The van der Waals surface area contributed by atoms with Gasteiger partial charge in [0.1, 0.15) is 0 Å². The second-order valence-corrected chi connectivity index (χ2v) is 10.5. The molecular weight excluding hydrogens is 386 g/mol. The Bertz CT molecular complexity index is 692. The Labute approximate surface area is 188 Å². The minimum atomic E-state index is 0.0498. The number of hydrogen-bond donors (Lipinski definition) is 0. The molecule has 0 spiro atoms. The van der Waals surface area contributed by atoms with Crippen LogP contribution in [0.2, 0.25) is 0 Å². The minimum absolute atomic E-state index is 0.0498. The second kappa shape index (κ2) is 10.4. The number of ether oxygens (including phenoxy) is 1. The first-order valence-electron chi connectivity index (χ1n) is 12.4. The van der Waals surface area contributed by atoms with Gasteiger partial charge >= 0.3 is 0 Å². The molecule has 0 bridgehead atoms. The van der Waals surface area contributed by atoms with Gasteiger partial charge in [-0.3, -0.25) is 4.79 Å². The molecular formula is C26H41N3O2. The number of hydrogen-bond acceptors (Lipinski definition) is 4. The Balaban J connectivity index is 1.12. The lowest BCUT2D eigenvalue weighted by atomic mass is 9.86. The molecule has 4 rings (SSSR count). The van der Waals surface area contributed by atoms with E-state index in [-0.39, 0.29) is 5.60 Å². The highest BCUT2D eigenvalue weighted by Crippen LogP contribution is 2.30. The Morgan fingerprint density at radius 2 is 1.68 bits per heavy atom. The lowest BCUT2D eigenvalue weighted by molar-refractivity contribution is -0.131. The molecule has 0 saturated carbocycles. The van der Waals surface area contributed by atoms with Gasteiger partial charge in [0.25, 0.3) is 0 Å². The maximum atomic E-state index is 12.8. The van der Waals surface area contributed by atoms with Crippen LogP contribution in [0.25, 0.3) is 0 Å². The molecule has 3 aliphatic rings. The summed E-state index contributed by atoms with van der Waals surface area (Å²) in [4.78, 5) is 19.9. The van der Waals surface area contributed by atoms with Crippen LogP contribution in [0.1, 0.15) is 52.4 Å². The van der Waals surface area contributed by atoms with Gasteiger partial charge in [-0.2, -0.15) is 0 Å². The molecule has 172 valence electrons. The zero-order chi connectivity index (χ0) is 21.7. The largest absolute Gasteiger partial charge is 0.376 e. The Hall–Kier alpha value is -1.59. The summed E-state index contributed by atoms with van der Waals surface area (Å²) in [6.07, 6.45) is 6.68. The van der Waals surface area contributed by atoms with Crippen molar-refractivity contribution in [2.45, 2.75) is 58.0 Å². The summed E-state index contributed by atoms with van der Waals surface area (Å²) >= 11 is 0. The standard InChI is InChI=1S/C26H41N3O2/c1-26(2)20-23(12-19-31-26)21-27-13-10-22(11-14-27)8-9-25(30)29-17-15-28(16-18-29)24-6-4-3-5-7-24/h3-7,22-23H,8-21H2,1-2H3. The van der Waals surface area contributed by atoms with Gasteiger partial charge in [-0.15, -0.1) is 0 Å². The van der Waals surface area contributed by atoms with Crippen molar-refractivity contribution < 1.29 is 9.53 Å². The van der Waals surface area contributed by atoms with Gasteiger partial charge in [0.2, 0.25) is 5.91 Å². The Kier molecular flexibility index (Phi) is 7.55. The number of benzene rings is 1. The molecule has 1 atom stereocenters. The first kappa shape index (κ1) is 22.6. The molecule has 5 nitrogen and oxygen atoms in total. The van der Waals surface area contributed by atoms with Crippen LogP contribution in [0, 0.1) is 11.8 Å². The van der Waals surface area contributed by atoms with Crippen LogP contribution in [0.15, 0.2) is 30.3 Å². The number of carbonyl (C=O) groups excluding carboxylic acids is 1. The number of anilines is 1. The molecule has 3 saturated heterocycles. The van der Waals surface area contributed by atoms with E-state index in [0.717, 1.165) is 57.5 Å². The van der Waals surface area contributed by atoms with Gasteiger partial charge in [-0.25, -0.2) is 0 Å². The summed E-state index contributed by atoms with van der Waals surface area (Å²) in [6, 6.07) is 10.5. The van der Waals surface area contributed by atoms with Gasteiger partial charge in [-0.05, 0) is 83.0 Å². The SMILES string of the molecule is CC1(C)CC(CN2CCC(CCC(=O)N3CCN(c4ccccc4)CC3)CC2)CCO1.